The molecule has 1 aromatic heterocycles. The van der Waals surface area contributed by atoms with Gasteiger partial charge in [-0.05, 0) is 37.8 Å². The van der Waals surface area contributed by atoms with Crippen LogP contribution >= 0.6 is 11.3 Å². The third-order valence-electron chi connectivity index (χ3n) is 3.65. The van der Waals surface area contributed by atoms with E-state index >= 15 is 0 Å². The number of likely N-dealkylation sites (tertiary alicyclic amines) is 1. The van der Waals surface area contributed by atoms with Crippen molar-refractivity contribution in [3.63, 3.8) is 0 Å². The minimum Gasteiger partial charge on any atom is -0.311 e. The molecular weight excluding hydrogens is 228 g/mol. The van der Waals surface area contributed by atoms with Gasteiger partial charge in [0.2, 0.25) is 0 Å². The number of hydrogen-bond donors (Lipinski definition) is 1. The maximum atomic E-state index is 3.54. The van der Waals surface area contributed by atoms with Gasteiger partial charge < -0.3 is 5.32 Å². The normalized spacial score (nSPS) is 22.5. The molecule has 1 atom stereocenters. The molecule has 2 nitrogen and oxygen atoms in total. The Kier molecular flexibility index (Phi) is 5.49. The van der Waals surface area contributed by atoms with Crippen molar-refractivity contribution in [3.8, 4) is 0 Å². The second kappa shape index (κ2) is 7.14. The Morgan fingerprint density at radius 3 is 3.18 bits per heavy atom. The summed E-state index contributed by atoms with van der Waals surface area (Å²) in [6.07, 6.45) is 5.60. The molecule has 0 radical (unpaired) electrons. The van der Waals surface area contributed by atoms with Crippen molar-refractivity contribution < 1.29 is 0 Å². The fourth-order valence-electron chi connectivity index (χ4n) is 2.51. The van der Waals surface area contributed by atoms with E-state index in [0.29, 0.717) is 0 Å². The third-order valence-corrected chi connectivity index (χ3v) is 4.52. The Hall–Kier alpha value is -0.380. The van der Waals surface area contributed by atoms with Gasteiger partial charge in [-0.15, -0.1) is 11.3 Å². The molecule has 3 heteroatoms. The summed E-state index contributed by atoms with van der Waals surface area (Å²) in [5, 5.41) is 5.69. The maximum Gasteiger partial charge on any atom is 0.0300 e. The molecule has 17 heavy (non-hydrogen) atoms. The molecule has 96 valence electrons. The van der Waals surface area contributed by atoms with Gasteiger partial charge in [0.1, 0.15) is 0 Å². The maximum absolute atomic E-state index is 3.54. The number of hydrogen-bond acceptors (Lipinski definition) is 3. The molecule has 0 amide bonds. The topological polar surface area (TPSA) is 15.3 Å². The standard InChI is InChI=1S/C14H24N2S/c1-13-6-3-2-4-9-16(13)10-8-15-12-14-7-5-11-17-14/h5,7,11,13,15H,2-4,6,8-10,12H2,1H3. The SMILES string of the molecule is CC1CCCCCN1CCNCc1cccs1. The molecule has 1 fully saturated rings. The molecule has 1 unspecified atom stereocenters. The quantitative estimate of drug-likeness (QED) is 0.810. The van der Waals surface area contributed by atoms with E-state index in [1.54, 1.807) is 0 Å². The summed E-state index contributed by atoms with van der Waals surface area (Å²) in [5.74, 6) is 0. The van der Waals surface area contributed by atoms with Crippen LogP contribution in [-0.4, -0.2) is 30.6 Å². The van der Waals surface area contributed by atoms with Gasteiger partial charge in [0.05, 0.1) is 0 Å². The van der Waals surface area contributed by atoms with Crippen LogP contribution in [0.15, 0.2) is 17.5 Å². The number of nitrogens with one attached hydrogen (secondary N) is 1. The first kappa shape index (κ1) is 13.1. The predicted molar refractivity (Wildman–Crippen MR) is 75.5 cm³/mol. The average Bonchev–Trinajstić information content (AvgIpc) is 2.76. The van der Waals surface area contributed by atoms with Crippen molar-refractivity contribution in [2.75, 3.05) is 19.6 Å². The van der Waals surface area contributed by atoms with Crippen LogP contribution in [0.25, 0.3) is 0 Å². The van der Waals surface area contributed by atoms with Gasteiger partial charge in [-0.1, -0.05) is 18.9 Å². The van der Waals surface area contributed by atoms with Crippen LogP contribution in [0.2, 0.25) is 0 Å². The highest BCUT2D eigenvalue weighted by Gasteiger charge is 2.15. The highest BCUT2D eigenvalue weighted by molar-refractivity contribution is 7.09. The zero-order valence-corrected chi connectivity index (χ0v) is 11.6. The first-order chi connectivity index (χ1) is 8.36. The summed E-state index contributed by atoms with van der Waals surface area (Å²) in [5.41, 5.74) is 0. The van der Waals surface area contributed by atoms with E-state index in [2.05, 4.69) is 34.7 Å². The first-order valence-electron chi connectivity index (χ1n) is 6.83. The molecule has 0 aliphatic carbocycles. The van der Waals surface area contributed by atoms with E-state index < -0.39 is 0 Å². The molecule has 1 aliphatic rings. The zero-order chi connectivity index (χ0) is 11.9. The number of thiophene rings is 1. The Bertz CT molecular complexity index is 297. The van der Waals surface area contributed by atoms with Gasteiger partial charge >= 0.3 is 0 Å². The summed E-state index contributed by atoms with van der Waals surface area (Å²) < 4.78 is 0. The minimum absolute atomic E-state index is 0.779. The van der Waals surface area contributed by atoms with Crippen molar-refractivity contribution >= 4 is 11.3 Å². The Morgan fingerprint density at radius 2 is 2.35 bits per heavy atom. The van der Waals surface area contributed by atoms with Gasteiger partial charge in [-0.3, -0.25) is 4.90 Å². The Morgan fingerprint density at radius 1 is 1.41 bits per heavy atom. The van der Waals surface area contributed by atoms with E-state index in [-0.39, 0.29) is 0 Å². The van der Waals surface area contributed by atoms with Crippen LogP contribution in [0.3, 0.4) is 0 Å². The molecule has 0 spiro atoms. The predicted octanol–water partition coefficient (Wildman–Crippen LogP) is 3.10. The van der Waals surface area contributed by atoms with Crippen molar-refractivity contribution in [2.24, 2.45) is 0 Å². The summed E-state index contributed by atoms with van der Waals surface area (Å²) in [6.45, 7) is 7.01. The van der Waals surface area contributed by atoms with Crippen molar-refractivity contribution in [1.29, 1.82) is 0 Å². The van der Waals surface area contributed by atoms with Crippen LogP contribution in [0, 0.1) is 0 Å². The molecule has 0 aromatic carbocycles. The van der Waals surface area contributed by atoms with E-state index in [0.717, 1.165) is 19.1 Å². The minimum atomic E-state index is 0.779. The van der Waals surface area contributed by atoms with Crippen molar-refractivity contribution in [3.05, 3.63) is 22.4 Å². The van der Waals surface area contributed by atoms with Crippen LogP contribution in [0.5, 0.6) is 0 Å². The lowest BCUT2D eigenvalue weighted by molar-refractivity contribution is 0.214. The molecule has 1 N–H and O–H groups in total. The van der Waals surface area contributed by atoms with Crippen LogP contribution in [0.4, 0.5) is 0 Å². The summed E-state index contributed by atoms with van der Waals surface area (Å²) in [6, 6.07) is 5.10. The van der Waals surface area contributed by atoms with Gasteiger partial charge in [0.25, 0.3) is 0 Å². The lowest BCUT2D eigenvalue weighted by Crippen LogP contribution is -2.37. The largest absolute Gasteiger partial charge is 0.311 e. The first-order valence-corrected chi connectivity index (χ1v) is 7.71. The van der Waals surface area contributed by atoms with Gasteiger partial charge in [0, 0.05) is 30.6 Å². The van der Waals surface area contributed by atoms with E-state index in [1.807, 2.05) is 11.3 Å². The van der Waals surface area contributed by atoms with Gasteiger partial charge in [-0.25, -0.2) is 0 Å². The molecule has 0 bridgehead atoms. The molecule has 1 saturated heterocycles. The molecule has 1 aromatic rings. The molecule has 2 heterocycles. The zero-order valence-electron chi connectivity index (χ0n) is 10.8. The van der Waals surface area contributed by atoms with Crippen molar-refractivity contribution in [1.82, 2.24) is 10.2 Å². The van der Waals surface area contributed by atoms with Crippen molar-refractivity contribution in [2.45, 2.75) is 45.2 Å². The fourth-order valence-corrected chi connectivity index (χ4v) is 3.19. The number of rotatable bonds is 5. The van der Waals surface area contributed by atoms with Crippen LogP contribution in [0.1, 0.15) is 37.5 Å². The van der Waals surface area contributed by atoms with E-state index in [9.17, 15) is 0 Å². The Labute approximate surface area is 109 Å². The average molecular weight is 252 g/mol. The van der Waals surface area contributed by atoms with E-state index in [1.165, 1.54) is 43.6 Å². The summed E-state index contributed by atoms with van der Waals surface area (Å²) in [4.78, 5) is 4.09. The smallest absolute Gasteiger partial charge is 0.0300 e. The number of nitrogens with zero attached hydrogens (tertiary/aromatic N) is 1. The molecule has 1 aliphatic heterocycles. The molecule has 0 saturated carbocycles. The monoisotopic (exact) mass is 252 g/mol. The lowest BCUT2D eigenvalue weighted by Gasteiger charge is -2.26. The second-order valence-electron chi connectivity index (χ2n) is 4.99. The molecule has 2 rings (SSSR count). The summed E-state index contributed by atoms with van der Waals surface area (Å²) >= 11 is 1.84. The van der Waals surface area contributed by atoms with E-state index in [4.69, 9.17) is 0 Å². The second-order valence-corrected chi connectivity index (χ2v) is 6.02. The highest BCUT2D eigenvalue weighted by Crippen LogP contribution is 2.15. The Balaban J connectivity index is 1.63. The van der Waals surface area contributed by atoms with Crippen LogP contribution < -0.4 is 5.32 Å². The molecular formula is C14H24N2S. The van der Waals surface area contributed by atoms with Crippen LogP contribution in [-0.2, 0) is 6.54 Å². The van der Waals surface area contributed by atoms with Gasteiger partial charge in [0.15, 0.2) is 0 Å². The lowest BCUT2D eigenvalue weighted by atomic mass is 10.1. The summed E-state index contributed by atoms with van der Waals surface area (Å²) in [7, 11) is 0. The highest BCUT2D eigenvalue weighted by atomic mass is 32.1. The van der Waals surface area contributed by atoms with Gasteiger partial charge in [-0.2, -0.15) is 0 Å². The fraction of sp³-hybridized carbons (Fsp3) is 0.714. The third kappa shape index (κ3) is 4.41.